The van der Waals surface area contributed by atoms with Gasteiger partial charge in [0, 0.05) is 17.0 Å². The quantitative estimate of drug-likeness (QED) is 0.673. The van der Waals surface area contributed by atoms with Crippen LogP contribution in [0.4, 0.5) is 5.69 Å². The summed E-state index contributed by atoms with van der Waals surface area (Å²) in [5.41, 5.74) is 2.34. The molecule has 0 saturated heterocycles. The number of thiophene rings is 1. The summed E-state index contributed by atoms with van der Waals surface area (Å²) in [6, 6.07) is 18.5. The Balaban J connectivity index is 1.57. The zero-order chi connectivity index (χ0) is 19.5. The standard InChI is InChI=1S/C22H20N2O3S/c1-27-19-10-5-4-9-17(19)23-21(25)13-18(20-11-6-12-28-20)24-14-15-7-2-3-8-16(15)22(24)26/h2-12,18H,13-14H2,1H3,(H,23,25). The molecule has 28 heavy (non-hydrogen) atoms. The van der Waals surface area contributed by atoms with Crippen LogP contribution in [0, 0.1) is 0 Å². The molecule has 1 aliphatic rings. The number of methoxy groups -OCH3 is 1. The van der Waals surface area contributed by atoms with Gasteiger partial charge in [0.15, 0.2) is 0 Å². The number of fused-ring (bicyclic) bond motifs is 1. The second-order valence-electron chi connectivity index (χ2n) is 6.57. The number of carbonyl (C=O) groups is 2. The lowest BCUT2D eigenvalue weighted by molar-refractivity contribution is -0.117. The number of nitrogens with one attached hydrogen (secondary N) is 1. The molecule has 0 fully saturated rings. The van der Waals surface area contributed by atoms with Crippen molar-refractivity contribution in [1.82, 2.24) is 4.90 Å². The summed E-state index contributed by atoms with van der Waals surface area (Å²) in [5.74, 6) is 0.416. The summed E-state index contributed by atoms with van der Waals surface area (Å²) in [4.78, 5) is 28.6. The highest BCUT2D eigenvalue weighted by molar-refractivity contribution is 7.10. The summed E-state index contributed by atoms with van der Waals surface area (Å²) in [7, 11) is 1.57. The van der Waals surface area contributed by atoms with Crippen LogP contribution in [0.15, 0.2) is 66.0 Å². The normalized spacial score (nSPS) is 13.9. The van der Waals surface area contributed by atoms with Crippen molar-refractivity contribution >= 4 is 28.8 Å². The van der Waals surface area contributed by atoms with E-state index in [9.17, 15) is 9.59 Å². The van der Waals surface area contributed by atoms with Crippen molar-refractivity contribution in [2.24, 2.45) is 0 Å². The number of benzene rings is 2. The molecule has 1 N–H and O–H groups in total. The predicted octanol–water partition coefficient (Wildman–Crippen LogP) is 4.48. The van der Waals surface area contributed by atoms with Gasteiger partial charge in [0.25, 0.3) is 5.91 Å². The van der Waals surface area contributed by atoms with Gasteiger partial charge in [0.2, 0.25) is 5.91 Å². The van der Waals surface area contributed by atoms with Gasteiger partial charge in [0.1, 0.15) is 5.75 Å². The van der Waals surface area contributed by atoms with E-state index >= 15 is 0 Å². The Kier molecular flexibility index (Phi) is 5.12. The Morgan fingerprint density at radius 1 is 1.14 bits per heavy atom. The van der Waals surface area contributed by atoms with Crippen LogP contribution in [-0.2, 0) is 11.3 Å². The van der Waals surface area contributed by atoms with Crippen molar-refractivity contribution in [3.8, 4) is 5.75 Å². The SMILES string of the molecule is COc1ccccc1NC(=O)CC(c1cccs1)N1Cc2ccccc2C1=O. The number of anilines is 1. The van der Waals surface area contributed by atoms with Crippen LogP contribution in [0.25, 0.3) is 0 Å². The van der Waals surface area contributed by atoms with E-state index in [0.29, 0.717) is 23.5 Å². The van der Waals surface area contributed by atoms with Crippen molar-refractivity contribution in [3.63, 3.8) is 0 Å². The first-order chi connectivity index (χ1) is 13.7. The van der Waals surface area contributed by atoms with Gasteiger partial charge in [-0.25, -0.2) is 0 Å². The van der Waals surface area contributed by atoms with Gasteiger partial charge in [-0.15, -0.1) is 11.3 Å². The lowest BCUT2D eigenvalue weighted by Gasteiger charge is -2.26. The fourth-order valence-electron chi connectivity index (χ4n) is 3.50. The van der Waals surface area contributed by atoms with Gasteiger partial charge in [-0.05, 0) is 35.2 Å². The third kappa shape index (κ3) is 3.51. The first kappa shape index (κ1) is 18.3. The number of carbonyl (C=O) groups excluding carboxylic acids is 2. The number of amides is 2. The largest absolute Gasteiger partial charge is 0.495 e. The Hall–Kier alpha value is -3.12. The van der Waals surface area contributed by atoms with E-state index in [1.165, 1.54) is 0 Å². The molecule has 3 aromatic rings. The molecule has 2 aromatic carbocycles. The molecule has 6 heteroatoms. The maximum Gasteiger partial charge on any atom is 0.255 e. The van der Waals surface area contributed by atoms with Crippen LogP contribution in [0.5, 0.6) is 5.75 Å². The second kappa shape index (κ2) is 7.86. The van der Waals surface area contributed by atoms with Crippen LogP contribution in [0.1, 0.15) is 33.3 Å². The summed E-state index contributed by atoms with van der Waals surface area (Å²) < 4.78 is 5.31. The van der Waals surface area contributed by atoms with Crippen LogP contribution in [-0.4, -0.2) is 23.8 Å². The van der Waals surface area contributed by atoms with Crippen molar-refractivity contribution in [3.05, 3.63) is 82.0 Å². The maximum absolute atomic E-state index is 13.0. The lowest BCUT2D eigenvalue weighted by atomic mass is 10.1. The van der Waals surface area contributed by atoms with Crippen LogP contribution in [0.2, 0.25) is 0 Å². The van der Waals surface area contributed by atoms with Gasteiger partial charge >= 0.3 is 0 Å². The molecular formula is C22H20N2O3S. The number of ether oxygens (including phenoxy) is 1. The zero-order valence-electron chi connectivity index (χ0n) is 15.4. The number of para-hydroxylation sites is 2. The minimum absolute atomic E-state index is 0.0286. The average molecular weight is 392 g/mol. The molecule has 1 unspecified atom stereocenters. The Bertz CT molecular complexity index is 1000. The summed E-state index contributed by atoms with van der Waals surface area (Å²) in [6.07, 6.45) is 0.179. The van der Waals surface area contributed by atoms with E-state index in [2.05, 4.69) is 5.32 Å². The van der Waals surface area contributed by atoms with E-state index in [1.54, 1.807) is 35.5 Å². The second-order valence-corrected chi connectivity index (χ2v) is 7.55. The predicted molar refractivity (Wildman–Crippen MR) is 110 cm³/mol. The highest BCUT2D eigenvalue weighted by atomic mass is 32.1. The summed E-state index contributed by atoms with van der Waals surface area (Å²) in [5, 5.41) is 4.88. The highest BCUT2D eigenvalue weighted by Gasteiger charge is 2.34. The fraction of sp³-hybridized carbons (Fsp3) is 0.182. The molecule has 142 valence electrons. The minimum atomic E-state index is -0.311. The fourth-order valence-corrected chi connectivity index (χ4v) is 4.34. The minimum Gasteiger partial charge on any atom is -0.495 e. The first-order valence-corrected chi connectivity index (χ1v) is 9.90. The van der Waals surface area contributed by atoms with Gasteiger partial charge in [-0.1, -0.05) is 36.4 Å². The van der Waals surface area contributed by atoms with Gasteiger partial charge in [-0.3, -0.25) is 9.59 Å². The molecule has 0 bridgehead atoms. The molecule has 1 aromatic heterocycles. The topological polar surface area (TPSA) is 58.6 Å². The Morgan fingerprint density at radius 2 is 1.93 bits per heavy atom. The maximum atomic E-state index is 13.0. The zero-order valence-corrected chi connectivity index (χ0v) is 16.2. The molecule has 2 heterocycles. The smallest absolute Gasteiger partial charge is 0.255 e. The first-order valence-electron chi connectivity index (χ1n) is 9.02. The molecule has 2 amide bonds. The molecule has 0 aliphatic carbocycles. The van der Waals surface area contributed by atoms with Gasteiger partial charge < -0.3 is 15.0 Å². The van der Waals surface area contributed by atoms with Crippen molar-refractivity contribution in [2.45, 2.75) is 19.0 Å². The molecule has 0 radical (unpaired) electrons. The molecular weight excluding hydrogens is 372 g/mol. The highest BCUT2D eigenvalue weighted by Crippen LogP contribution is 2.35. The van der Waals surface area contributed by atoms with Crippen LogP contribution >= 0.6 is 11.3 Å². The van der Waals surface area contributed by atoms with Gasteiger partial charge in [0.05, 0.1) is 25.3 Å². The number of hydrogen-bond donors (Lipinski definition) is 1. The lowest BCUT2D eigenvalue weighted by Crippen LogP contribution is -2.31. The monoisotopic (exact) mass is 392 g/mol. The molecule has 5 nitrogen and oxygen atoms in total. The van der Waals surface area contributed by atoms with E-state index in [0.717, 1.165) is 10.4 Å². The van der Waals surface area contributed by atoms with Crippen LogP contribution in [0.3, 0.4) is 0 Å². The Labute approximate surface area is 167 Å². The number of nitrogens with zero attached hydrogens (tertiary/aromatic N) is 1. The van der Waals surface area contributed by atoms with E-state index < -0.39 is 0 Å². The third-order valence-electron chi connectivity index (χ3n) is 4.86. The summed E-state index contributed by atoms with van der Waals surface area (Å²) >= 11 is 1.56. The molecule has 1 aliphatic heterocycles. The van der Waals surface area contributed by atoms with Crippen LogP contribution < -0.4 is 10.1 Å². The number of hydrogen-bond acceptors (Lipinski definition) is 4. The van der Waals surface area contributed by atoms with E-state index in [4.69, 9.17) is 4.74 Å². The van der Waals surface area contributed by atoms with Crippen molar-refractivity contribution in [2.75, 3.05) is 12.4 Å². The summed E-state index contributed by atoms with van der Waals surface area (Å²) in [6.45, 7) is 0.513. The Morgan fingerprint density at radius 3 is 2.68 bits per heavy atom. The number of rotatable bonds is 6. The van der Waals surface area contributed by atoms with E-state index in [-0.39, 0.29) is 24.3 Å². The van der Waals surface area contributed by atoms with Gasteiger partial charge in [-0.2, -0.15) is 0 Å². The third-order valence-corrected chi connectivity index (χ3v) is 5.83. The molecule has 4 rings (SSSR count). The van der Waals surface area contributed by atoms with E-state index in [1.807, 2.05) is 53.9 Å². The van der Waals surface area contributed by atoms with Crippen molar-refractivity contribution < 1.29 is 14.3 Å². The molecule has 1 atom stereocenters. The average Bonchev–Trinajstić information content (AvgIpc) is 3.35. The van der Waals surface area contributed by atoms with Crippen molar-refractivity contribution in [1.29, 1.82) is 0 Å². The molecule has 0 saturated carbocycles. The molecule has 0 spiro atoms.